The van der Waals surface area contributed by atoms with Crippen LogP contribution in [-0.4, -0.2) is 25.3 Å². The Morgan fingerprint density at radius 3 is 2.22 bits per heavy atom. The molecule has 2 rings (SSSR count). The Labute approximate surface area is 161 Å². The standard InChI is InChI=1S/C10H11NO.C5H7NO2.C2H6.Na/c1-3-9-5-4-6-10(7-9)11(2)8-12;7-4-2-1-3-5(8)6-4;1-2;/h4-5,7H,3H2,1-2H3;1-3H2,(H,6,7,8);1-2H3;/q-2;;;+1. The van der Waals surface area contributed by atoms with Gasteiger partial charge in [-0.05, 0) is 13.5 Å². The van der Waals surface area contributed by atoms with E-state index in [1.54, 1.807) is 13.5 Å². The Morgan fingerprint density at radius 2 is 1.83 bits per heavy atom. The smallest absolute Gasteiger partial charge is 0.501 e. The summed E-state index contributed by atoms with van der Waals surface area (Å²) in [6.45, 7) is 6.07. The Kier molecular flexibility index (Phi) is 15.1. The summed E-state index contributed by atoms with van der Waals surface area (Å²) in [6.07, 6.45) is 4.48. The first-order chi connectivity index (χ1) is 10.6. The van der Waals surface area contributed by atoms with Gasteiger partial charge in [0.25, 0.3) is 0 Å². The molecule has 0 aromatic heterocycles. The summed E-state index contributed by atoms with van der Waals surface area (Å²) in [7, 11) is 1.66. The number of piperidine rings is 1. The molecule has 0 aliphatic carbocycles. The van der Waals surface area contributed by atoms with Crippen LogP contribution in [-0.2, 0) is 20.8 Å². The van der Waals surface area contributed by atoms with Crippen LogP contribution in [0.25, 0.3) is 0 Å². The van der Waals surface area contributed by atoms with Gasteiger partial charge in [0.1, 0.15) is 0 Å². The second-order valence-corrected chi connectivity index (χ2v) is 4.41. The van der Waals surface area contributed by atoms with Crippen molar-refractivity contribution in [2.45, 2.75) is 46.5 Å². The van der Waals surface area contributed by atoms with E-state index < -0.39 is 0 Å². The molecule has 0 bridgehead atoms. The zero-order chi connectivity index (χ0) is 17.0. The van der Waals surface area contributed by atoms with E-state index in [4.69, 9.17) is 0 Å². The molecule has 0 unspecified atom stereocenters. The van der Waals surface area contributed by atoms with Crippen LogP contribution in [0.4, 0.5) is 5.69 Å². The zero-order valence-corrected chi connectivity index (χ0v) is 16.7. The number of rotatable bonds is 3. The number of aryl methyl sites for hydroxylation is 1. The molecule has 122 valence electrons. The van der Waals surface area contributed by atoms with Crippen LogP contribution in [0.5, 0.6) is 0 Å². The molecular weight excluding hydrogens is 303 g/mol. The molecule has 1 aliphatic heterocycles. The van der Waals surface area contributed by atoms with Crippen molar-refractivity contribution in [3.05, 3.63) is 29.8 Å². The van der Waals surface area contributed by atoms with Gasteiger partial charge in [0.2, 0.25) is 11.8 Å². The molecule has 0 spiro atoms. The van der Waals surface area contributed by atoms with E-state index in [0.717, 1.165) is 12.1 Å². The number of nitrogens with one attached hydrogen (secondary N) is 1. The largest absolute Gasteiger partial charge is 1.00 e. The fraction of sp³-hybridized carbons (Fsp3) is 0.471. The third-order valence-corrected chi connectivity index (χ3v) is 2.84. The number of hydrogen-bond acceptors (Lipinski definition) is 3. The van der Waals surface area contributed by atoms with Crippen molar-refractivity contribution >= 4 is 23.9 Å². The normalized spacial score (nSPS) is 12.3. The number of hydrogen-bond donors (Lipinski definition) is 1. The van der Waals surface area contributed by atoms with Crippen LogP contribution in [0.1, 0.15) is 45.6 Å². The van der Waals surface area contributed by atoms with Crippen LogP contribution in [0.3, 0.4) is 0 Å². The molecule has 1 fully saturated rings. The van der Waals surface area contributed by atoms with Crippen LogP contribution < -0.4 is 39.8 Å². The molecule has 5 nitrogen and oxygen atoms in total. The maximum Gasteiger partial charge on any atom is 1.00 e. The van der Waals surface area contributed by atoms with Gasteiger partial charge in [0, 0.05) is 12.8 Å². The second-order valence-electron chi connectivity index (χ2n) is 4.41. The van der Waals surface area contributed by atoms with Gasteiger partial charge in [-0.1, -0.05) is 27.2 Å². The maximum absolute atomic E-state index is 10.3. The Bertz CT molecular complexity index is 478. The first-order valence-electron chi connectivity index (χ1n) is 7.51. The Balaban J connectivity index is 0. The number of anilines is 1. The van der Waals surface area contributed by atoms with E-state index in [1.165, 1.54) is 10.5 Å². The van der Waals surface area contributed by atoms with Gasteiger partial charge in [0.05, 0.1) is 6.41 Å². The molecule has 3 amide bonds. The van der Waals surface area contributed by atoms with Gasteiger partial charge < -0.3 is 9.69 Å². The van der Waals surface area contributed by atoms with E-state index in [0.29, 0.717) is 19.3 Å². The van der Waals surface area contributed by atoms with Crippen LogP contribution in [0, 0.1) is 6.07 Å². The summed E-state index contributed by atoms with van der Waals surface area (Å²) in [5.41, 5.74) is 1.97. The van der Waals surface area contributed by atoms with Crippen molar-refractivity contribution in [2.75, 3.05) is 11.9 Å². The molecule has 1 saturated heterocycles. The fourth-order valence-corrected chi connectivity index (χ4v) is 1.65. The van der Waals surface area contributed by atoms with Crippen LogP contribution in [0.2, 0.25) is 0 Å². The van der Waals surface area contributed by atoms with E-state index in [-0.39, 0.29) is 41.4 Å². The van der Waals surface area contributed by atoms with Gasteiger partial charge in [-0.2, -0.15) is 17.7 Å². The van der Waals surface area contributed by atoms with Crippen LogP contribution in [0.15, 0.2) is 18.2 Å². The van der Waals surface area contributed by atoms with Crippen molar-refractivity contribution in [1.29, 1.82) is 0 Å². The molecule has 0 saturated carbocycles. The van der Waals surface area contributed by atoms with Crippen molar-refractivity contribution in [1.82, 2.24) is 5.32 Å². The van der Waals surface area contributed by atoms with E-state index >= 15 is 0 Å². The molecule has 1 heterocycles. The summed E-state index contributed by atoms with van der Waals surface area (Å²) in [6, 6.07) is 8.70. The Morgan fingerprint density at radius 1 is 1.26 bits per heavy atom. The molecule has 1 aromatic carbocycles. The van der Waals surface area contributed by atoms with Gasteiger partial charge in [-0.25, -0.2) is 11.8 Å². The third kappa shape index (κ3) is 10.3. The number of amides is 3. The molecule has 6 heteroatoms. The predicted molar refractivity (Wildman–Crippen MR) is 87.1 cm³/mol. The molecule has 0 atom stereocenters. The molecular formula is C17H24N2NaO3-. The second kappa shape index (κ2) is 14.4. The minimum absolute atomic E-state index is 0. The number of carbonyl (C=O) groups excluding carboxylic acids is 3. The molecule has 0 radical (unpaired) electrons. The first-order valence-corrected chi connectivity index (χ1v) is 7.51. The number of nitrogens with zero attached hydrogens (tertiary/aromatic N) is 1. The fourth-order valence-electron chi connectivity index (χ4n) is 1.65. The van der Waals surface area contributed by atoms with E-state index in [2.05, 4.69) is 18.3 Å². The van der Waals surface area contributed by atoms with Gasteiger partial charge in [-0.3, -0.25) is 21.0 Å². The van der Waals surface area contributed by atoms with Crippen molar-refractivity contribution in [2.24, 2.45) is 0 Å². The topological polar surface area (TPSA) is 66.5 Å². The number of imide groups is 1. The summed E-state index contributed by atoms with van der Waals surface area (Å²) in [5.74, 6) is -0.275. The molecule has 1 aromatic rings. The predicted octanol–water partition coefficient (Wildman–Crippen LogP) is -0.604. The summed E-state index contributed by atoms with van der Waals surface area (Å²) in [5, 5.41) is 2.20. The van der Waals surface area contributed by atoms with Gasteiger partial charge >= 0.3 is 29.6 Å². The third-order valence-electron chi connectivity index (χ3n) is 2.84. The molecule has 1 aliphatic rings. The summed E-state index contributed by atoms with van der Waals surface area (Å²) >= 11 is 0. The minimum Gasteiger partial charge on any atom is -0.501 e. The monoisotopic (exact) mass is 327 g/mol. The first kappa shape index (κ1) is 24.1. The van der Waals surface area contributed by atoms with Crippen LogP contribution >= 0.6 is 0 Å². The number of carbonyl (C=O) groups is 2. The van der Waals surface area contributed by atoms with Crippen molar-refractivity contribution < 1.29 is 43.9 Å². The zero-order valence-electron chi connectivity index (χ0n) is 14.7. The average molecular weight is 327 g/mol. The number of benzene rings is 1. The van der Waals surface area contributed by atoms with Crippen molar-refractivity contribution in [3.8, 4) is 0 Å². The maximum atomic E-state index is 10.3. The molecule has 1 N–H and O–H groups in total. The van der Waals surface area contributed by atoms with Crippen molar-refractivity contribution in [3.63, 3.8) is 0 Å². The quantitative estimate of drug-likeness (QED) is 0.349. The van der Waals surface area contributed by atoms with E-state index in [9.17, 15) is 14.4 Å². The SMILES string of the molecule is CC.CCc1cc[c-]c(N(C)[C-]=O)c1.O=C1CCCC(=O)N1.[Na+]. The van der Waals surface area contributed by atoms with Gasteiger partial charge in [0.15, 0.2) is 0 Å². The van der Waals surface area contributed by atoms with Gasteiger partial charge in [-0.15, -0.1) is 0 Å². The molecule has 23 heavy (non-hydrogen) atoms. The Hall–Kier alpha value is -1.17. The average Bonchev–Trinajstić information content (AvgIpc) is 2.56. The van der Waals surface area contributed by atoms with E-state index in [1.807, 2.05) is 32.0 Å². The summed E-state index contributed by atoms with van der Waals surface area (Å²) < 4.78 is 0. The minimum atomic E-state index is -0.138. The summed E-state index contributed by atoms with van der Waals surface area (Å²) in [4.78, 5) is 32.4.